The summed E-state index contributed by atoms with van der Waals surface area (Å²) in [7, 11) is 1.59. The molecule has 0 saturated carbocycles. The highest BCUT2D eigenvalue weighted by Gasteiger charge is 2.16. The van der Waals surface area contributed by atoms with E-state index in [0.29, 0.717) is 41.7 Å². The summed E-state index contributed by atoms with van der Waals surface area (Å²) in [5.74, 6) is 1.41. The average molecular weight is 367 g/mol. The van der Waals surface area contributed by atoms with Crippen molar-refractivity contribution in [2.45, 2.75) is 6.42 Å². The second-order valence-electron chi connectivity index (χ2n) is 5.68. The van der Waals surface area contributed by atoms with Crippen LogP contribution in [0.1, 0.15) is 16.8 Å². The van der Waals surface area contributed by atoms with Gasteiger partial charge in [0.2, 0.25) is 0 Å². The number of methoxy groups -OCH3 is 1. The van der Waals surface area contributed by atoms with Gasteiger partial charge in [-0.3, -0.25) is 14.9 Å². The van der Waals surface area contributed by atoms with Crippen LogP contribution in [0.25, 0.3) is 11.3 Å². The molecule has 0 aliphatic rings. The van der Waals surface area contributed by atoms with Gasteiger partial charge in [-0.1, -0.05) is 6.07 Å². The number of nitrogens with two attached hydrogens (primary N) is 1. The fourth-order valence-corrected chi connectivity index (χ4v) is 2.54. The first-order valence-corrected chi connectivity index (χ1v) is 8.50. The number of anilines is 1. The van der Waals surface area contributed by atoms with Crippen LogP contribution in [0.15, 0.2) is 48.8 Å². The number of nitrogens with zero attached hydrogens (tertiary/aromatic N) is 2. The number of benzene rings is 1. The van der Waals surface area contributed by atoms with Gasteiger partial charge in [-0.2, -0.15) is 5.10 Å². The molecule has 2 heterocycles. The van der Waals surface area contributed by atoms with Crippen LogP contribution < -0.4 is 20.5 Å². The summed E-state index contributed by atoms with van der Waals surface area (Å²) in [4.78, 5) is 16.2. The van der Waals surface area contributed by atoms with Gasteiger partial charge in [-0.05, 0) is 37.2 Å². The van der Waals surface area contributed by atoms with E-state index in [1.165, 1.54) is 0 Å². The molecule has 4 N–H and O–H groups in total. The Hall–Kier alpha value is -3.39. The largest absolute Gasteiger partial charge is 0.496 e. The molecule has 0 atom stereocenters. The molecule has 3 aromatic rings. The molecule has 140 valence electrons. The van der Waals surface area contributed by atoms with E-state index in [2.05, 4.69) is 20.5 Å². The van der Waals surface area contributed by atoms with Crippen LogP contribution in [0, 0.1) is 0 Å². The Labute approximate surface area is 156 Å². The highest BCUT2D eigenvalue weighted by atomic mass is 16.5. The molecule has 1 aromatic carbocycles. The number of nitrogens with one attached hydrogen (secondary N) is 2. The molecule has 0 fully saturated rings. The van der Waals surface area contributed by atoms with Crippen molar-refractivity contribution in [2.75, 3.05) is 25.6 Å². The summed E-state index contributed by atoms with van der Waals surface area (Å²) >= 11 is 0. The van der Waals surface area contributed by atoms with Crippen molar-refractivity contribution in [3.05, 3.63) is 54.4 Å². The number of H-pyrrole nitrogens is 1. The molecule has 1 amide bonds. The number of rotatable bonds is 8. The summed E-state index contributed by atoms with van der Waals surface area (Å²) in [6, 6.07) is 10.5. The van der Waals surface area contributed by atoms with Gasteiger partial charge in [0.05, 0.1) is 25.0 Å². The van der Waals surface area contributed by atoms with Crippen LogP contribution in [-0.4, -0.2) is 41.3 Å². The lowest BCUT2D eigenvalue weighted by atomic mass is 10.1. The molecular weight excluding hydrogens is 346 g/mol. The van der Waals surface area contributed by atoms with Crippen molar-refractivity contribution in [2.24, 2.45) is 5.73 Å². The van der Waals surface area contributed by atoms with E-state index in [9.17, 15) is 4.79 Å². The second-order valence-corrected chi connectivity index (χ2v) is 5.68. The van der Waals surface area contributed by atoms with Crippen LogP contribution in [0.2, 0.25) is 0 Å². The summed E-state index contributed by atoms with van der Waals surface area (Å²) < 4.78 is 11.3. The van der Waals surface area contributed by atoms with Gasteiger partial charge in [0.1, 0.15) is 11.5 Å². The van der Waals surface area contributed by atoms with Crippen molar-refractivity contribution in [1.29, 1.82) is 0 Å². The van der Waals surface area contributed by atoms with Crippen molar-refractivity contribution >= 4 is 11.7 Å². The lowest BCUT2D eigenvalue weighted by Crippen LogP contribution is -2.11. The number of carbonyl (C=O) groups excluding carboxylic acids is 1. The molecule has 0 saturated heterocycles. The number of hydrogen-bond donors (Lipinski definition) is 3. The zero-order valence-corrected chi connectivity index (χ0v) is 14.9. The zero-order valence-electron chi connectivity index (χ0n) is 14.9. The van der Waals surface area contributed by atoms with E-state index in [4.69, 9.17) is 15.2 Å². The predicted octanol–water partition coefficient (Wildman–Crippen LogP) is 2.46. The lowest BCUT2D eigenvalue weighted by molar-refractivity contribution is 0.102. The SMILES string of the molecule is COc1cccc(OCCCN)c1-c1cc(NC(=O)c2ccncc2)n[nH]1. The van der Waals surface area contributed by atoms with Gasteiger partial charge in [0.15, 0.2) is 5.82 Å². The Morgan fingerprint density at radius 2 is 2.00 bits per heavy atom. The summed E-state index contributed by atoms with van der Waals surface area (Å²) in [5, 5.41) is 9.84. The Morgan fingerprint density at radius 1 is 1.22 bits per heavy atom. The molecule has 27 heavy (non-hydrogen) atoms. The summed E-state index contributed by atoms with van der Waals surface area (Å²) in [6.45, 7) is 1.05. The van der Waals surface area contributed by atoms with E-state index in [0.717, 1.165) is 12.0 Å². The Bertz CT molecular complexity index is 895. The molecule has 0 aliphatic carbocycles. The molecule has 0 aliphatic heterocycles. The highest BCUT2D eigenvalue weighted by molar-refractivity contribution is 6.03. The van der Waals surface area contributed by atoms with Gasteiger partial charge in [-0.25, -0.2) is 0 Å². The van der Waals surface area contributed by atoms with Crippen molar-refractivity contribution in [1.82, 2.24) is 15.2 Å². The minimum Gasteiger partial charge on any atom is -0.496 e. The first kappa shape index (κ1) is 18.4. The minimum absolute atomic E-state index is 0.269. The third-order valence-electron chi connectivity index (χ3n) is 3.85. The monoisotopic (exact) mass is 367 g/mol. The topological polar surface area (TPSA) is 115 Å². The standard InChI is InChI=1S/C19H21N5O3/c1-26-15-4-2-5-16(27-11-3-8-20)18(15)14-12-17(24-23-14)22-19(25)13-6-9-21-10-7-13/h2,4-7,9-10,12H,3,8,11,20H2,1H3,(H2,22,23,24,25). The van der Waals surface area contributed by atoms with Crippen molar-refractivity contribution in [3.63, 3.8) is 0 Å². The van der Waals surface area contributed by atoms with Crippen LogP contribution in [-0.2, 0) is 0 Å². The molecule has 0 radical (unpaired) electrons. The van der Waals surface area contributed by atoms with Gasteiger partial charge in [-0.15, -0.1) is 0 Å². The maximum Gasteiger partial charge on any atom is 0.256 e. The first-order valence-electron chi connectivity index (χ1n) is 8.50. The third kappa shape index (κ3) is 4.42. The summed E-state index contributed by atoms with van der Waals surface area (Å²) in [5.41, 5.74) is 7.43. The van der Waals surface area contributed by atoms with Gasteiger partial charge >= 0.3 is 0 Å². The maximum atomic E-state index is 12.3. The molecule has 0 bridgehead atoms. The normalized spacial score (nSPS) is 10.4. The van der Waals surface area contributed by atoms with Crippen LogP contribution in [0.3, 0.4) is 0 Å². The Morgan fingerprint density at radius 3 is 2.74 bits per heavy atom. The number of aromatic amines is 1. The van der Waals surface area contributed by atoms with Crippen LogP contribution >= 0.6 is 0 Å². The van der Waals surface area contributed by atoms with Crippen LogP contribution in [0.5, 0.6) is 11.5 Å². The lowest BCUT2D eigenvalue weighted by Gasteiger charge is -2.13. The fraction of sp³-hybridized carbons (Fsp3) is 0.211. The van der Waals surface area contributed by atoms with E-state index in [1.54, 1.807) is 37.7 Å². The van der Waals surface area contributed by atoms with Crippen LogP contribution in [0.4, 0.5) is 5.82 Å². The quantitative estimate of drug-likeness (QED) is 0.527. The fourth-order valence-electron chi connectivity index (χ4n) is 2.54. The molecule has 3 rings (SSSR count). The smallest absolute Gasteiger partial charge is 0.256 e. The number of amides is 1. The number of ether oxygens (including phenoxy) is 2. The van der Waals surface area contributed by atoms with E-state index in [-0.39, 0.29) is 5.91 Å². The van der Waals surface area contributed by atoms with E-state index in [1.807, 2.05) is 18.2 Å². The highest BCUT2D eigenvalue weighted by Crippen LogP contribution is 2.38. The number of carbonyl (C=O) groups is 1. The molecule has 8 heteroatoms. The number of pyridine rings is 1. The zero-order chi connectivity index (χ0) is 19.1. The van der Waals surface area contributed by atoms with Crippen molar-refractivity contribution in [3.8, 4) is 22.8 Å². The van der Waals surface area contributed by atoms with E-state index < -0.39 is 0 Å². The molecule has 8 nitrogen and oxygen atoms in total. The van der Waals surface area contributed by atoms with E-state index >= 15 is 0 Å². The second kappa shape index (κ2) is 8.81. The number of aromatic nitrogens is 3. The Kier molecular flexibility index (Phi) is 6.01. The van der Waals surface area contributed by atoms with Gasteiger partial charge < -0.3 is 20.5 Å². The van der Waals surface area contributed by atoms with Gasteiger partial charge in [0, 0.05) is 24.0 Å². The van der Waals surface area contributed by atoms with Crippen molar-refractivity contribution < 1.29 is 14.3 Å². The third-order valence-corrected chi connectivity index (χ3v) is 3.85. The predicted molar refractivity (Wildman–Crippen MR) is 102 cm³/mol. The molecule has 0 spiro atoms. The Balaban J connectivity index is 1.84. The average Bonchev–Trinajstić information content (AvgIpc) is 3.16. The molecule has 2 aromatic heterocycles. The maximum absolute atomic E-state index is 12.3. The number of hydrogen-bond acceptors (Lipinski definition) is 6. The summed E-state index contributed by atoms with van der Waals surface area (Å²) in [6.07, 6.45) is 3.86. The minimum atomic E-state index is -0.269. The molecular formula is C19H21N5O3. The molecule has 0 unspecified atom stereocenters. The van der Waals surface area contributed by atoms with Gasteiger partial charge in [0.25, 0.3) is 5.91 Å². The first-order chi connectivity index (χ1) is 13.2.